The molecule has 1 fully saturated rings. The van der Waals surface area contributed by atoms with Crippen molar-refractivity contribution in [2.24, 2.45) is 0 Å². The van der Waals surface area contributed by atoms with E-state index in [0.29, 0.717) is 18.9 Å². The summed E-state index contributed by atoms with van der Waals surface area (Å²) < 4.78 is 43.1. The minimum absolute atomic E-state index is 0.103. The predicted octanol–water partition coefficient (Wildman–Crippen LogP) is 3.57. The Labute approximate surface area is 163 Å². The van der Waals surface area contributed by atoms with Crippen molar-refractivity contribution in [3.63, 3.8) is 0 Å². The number of furan rings is 1. The first kappa shape index (κ1) is 18.7. The first-order valence-corrected chi connectivity index (χ1v) is 10.6. The van der Waals surface area contributed by atoms with Crippen LogP contribution in [0, 0.1) is 0 Å². The van der Waals surface area contributed by atoms with Crippen molar-refractivity contribution in [3.05, 3.63) is 36.4 Å². The largest absolute Gasteiger partial charge is 0.497 e. The molecule has 8 nitrogen and oxygen atoms in total. The smallest absolute Gasteiger partial charge is 0.293 e. The molecule has 0 atom stereocenters. The zero-order valence-electron chi connectivity index (χ0n) is 15.5. The topological polar surface area (TPSA) is 98.7 Å². The molecule has 9 heteroatoms. The van der Waals surface area contributed by atoms with Gasteiger partial charge in [-0.2, -0.15) is 9.29 Å². The lowest BCUT2D eigenvalue weighted by Crippen LogP contribution is -2.31. The van der Waals surface area contributed by atoms with Gasteiger partial charge in [-0.05, 0) is 49.2 Å². The third-order valence-electron chi connectivity index (χ3n) is 4.73. The molecule has 0 unspecified atom stereocenters. The highest BCUT2D eigenvalue weighted by molar-refractivity contribution is 7.89. The van der Waals surface area contributed by atoms with E-state index in [0.717, 1.165) is 37.0 Å². The van der Waals surface area contributed by atoms with Crippen molar-refractivity contribution in [2.45, 2.75) is 30.8 Å². The molecule has 0 saturated carbocycles. The minimum atomic E-state index is -3.66. The number of nitrogens with zero attached hydrogens (tertiary/aromatic N) is 3. The molecule has 0 amide bonds. The van der Waals surface area contributed by atoms with Crippen molar-refractivity contribution < 1.29 is 22.1 Å². The fourth-order valence-electron chi connectivity index (χ4n) is 3.16. The zero-order chi connectivity index (χ0) is 19.6. The van der Waals surface area contributed by atoms with E-state index in [1.165, 1.54) is 16.4 Å². The summed E-state index contributed by atoms with van der Waals surface area (Å²) in [5.74, 6) is 1.46. The van der Waals surface area contributed by atoms with Gasteiger partial charge in [-0.15, -0.1) is 0 Å². The maximum absolute atomic E-state index is 12.8. The highest BCUT2D eigenvalue weighted by atomic mass is 32.2. The van der Waals surface area contributed by atoms with Crippen LogP contribution in [0.5, 0.6) is 5.75 Å². The molecule has 0 bridgehead atoms. The molecule has 1 saturated heterocycles. The monoisotopic (exact) mass is 403 g/mol. The lowest BCUT2D eigenvalue weighted by Gasteiger charge is -2.17. The molecule has 3 heterocycles. The summed E-state index contributed by atoms with van der Waals surface area (Å²) in [6, 6.07) is 10.2. The SMILES string of the molecule is COc1ccc(-c2noc(-c3ccc(S(=O)(=O)N4CCCCCC4)o3)n2)cc1. The van der Waals surface area contributed by atoms with Gasteiger partial charge in [0, 0.05) is 18.7 Å². The Kier molecular flexibility index (Phi) is 5.19. The van der Waals surface area contributed by atoms with E-state index in [4.69, 9.17) is 13.7 Å². The fourth-order valence-corrected chi connectivity index (χ4v) is 4.59. The first-order chi connectivity index (χ1) is 13.6. The van der Waals surface area contributed by atoms with E-state index in [1.807, 2.05) is 12.1 Å². The second-order valence-electron chi connectivity index (χ2n) is 6.59. The van der Waals surface area contributed by atoms with Crippen molar-refractivity contribution in [1.29, 1.82) is 0 Å². The van der Waals surface area contributed by atoms with Crippen LogP contribution in [0.1, 0.15) is 25.7 Å². The van der Waals surface area contributed by atoms with Crippen molar-refractivity contribution >= 4 is 10.0 Å². The molecular weight excluding hydrogens is 382 g/mol. The molecule has 3 aromatic rings. The Bertz CT molecular complexity index is 1030. The summed E-state index contributed by atoms with van der Waals surface area (Å²) in [6.45, 7) is 1.03. The highest BCUT2D eigenvalue weighted by Crippen LogP contribution is 2.28. The van der Waals surface area contributed by atoms with Crippen LogP contribution < -0.4 is 4.74 Å². The fraction of sp³-hybridized carbons (Fsp3) is 0.368. The Balaban J connectivity index is 1.56. The Morgan fingerprint density at radius 2 is 1.71 bits per heavy atom. The van der Waals surface area contributed by atoms with E-state index in [1.54, 1.807) is 19.2 Å². The maximum atomic E-state index is 12.8. The van der Waals surface area contributed by atoms with Crippen LogP contribution in [0.25, 0.3) is 23.0 Å². The van der Waals surface area contributed by atoms with E-state index in [9.17, 15) is 8.42 Å². The quantitative estimate of drug-likeness (QED) is 0.642. The van der Waals surface area contributed by atoms with Gasteiger partial charge in [-0.1, -0.05) is 18.0 Å². The van der Waals surface area contributed by atoms with E-state index in [2.05, 4.69) is 10.1 Å². The van der Waals surface area contributed by atoms with Gasteiger partial charge in [0.25, 0.3) is 15.9 Å². The average Bonchev–Trinajstić information content (AvgIpc) is 3.32. The number of sulfonamides is 1. The normalized spacial score (nSPS) is 16.0. The number of aromatic nitrogens is 2. The second kappa shape index (κ2) is 7.76. The number of benzene rings is 1. The third-order valence-corrected chi connectivity index (χ3v) is 6.50. The molecule has 28 heavy (non-hydrogen) atoms. The molecule has 0 aliphatic carbocycles. The maximum Gasteiger partial charge on any atom is 0.293 e. The van der Waals surface area contributed by atoms with Gasteiger partial charge in [0.15, 0.2) is 5.76 Å². The van der Waals surface area contributed by atoms with Gasteiger partial charge in [0.1, 0.15) is 5.75 Å². The van der Waals surface area contributed by atoms with Crippen LogP contribution in [0.15, 0.2) is 50.4 Å². The summed E-state index contributed by atoms with van der Waals surface area (Å²) in [7, 11) is -2.07. The van der Waals surface area contributed by atoms with Crippen LogP contribution in [-0.2, 0) is 10.0 Å². The van der Waals surface area contributed by atoms with Gasteiger partial charge in [0.2, 0.25) is 10.9 Å². The summed E-state index contributed by atoms with van der Waals surface area (Å²) >= 11 is 0. The average molecular weight is 403 g/mol. The molecule has 0 spiro atoms. The summed E-state index contributed by atoms with van der Waals surface area (Å²) in [5, 5.41) is 3.84. The molecule has 0 N–H and O–H groups in total. The molecule has 0 radical (unpaired) electrons. The van der Waals surface area contributed by atoms with Gasteiger partial charge < -0.3 is 13.7 Å². The molecule has 148 valence electrons. The van der Waals surface area contributed by atoms with Crippen molar-refractivity contribution in [1.82, 2.24) is 14.4 Å². The number of hydrogen-bond donors (Lipinski definition) is 0. The Morgan fingerprint density at radius 3 is 2.39 bits per heavy atom. The molecular formula is C19H21N3O5S. The third kappa shape index (κ3) is 3.67. The van der Waals surface area contributed by atoms with Gasteiger partial charge in [0.05, 0.1) is 7.11 Å². The number of hydrogen-bond acceptors (Lipinski definition) is 7. The van der Waals surface area contributed by atoms with Crippen molar-refractivity contribution in [3.8, 4) is 28.8 Å². The summed E-state index contributed by atoms with van der Waals surface area (Å²) in [5.41, 5.74) is 0.750. The van der Waals surface area contributed by atoms with E-state index < -0.39 is 10.0 Å². The highest BCUT2D eigenvalue weighted by Gasteiger charge is 2.29. The molecule has 4 rings (SSSR count). The first-order valence-electron chi connectivity index (χ1n) is 9.16. The van der Waals surface area contributed by atoms with Crippen LogP contribution in [-0.4, -0.2) is 43.1 Å². The number of ether oxygens (including phenoxy) is 1. The van der Waals surface area contributed by atoms with Crippen LogP contribution in [0.4, 0.5) is 0 Å². The van der Waals surface area contributed by atoms with Crippen LogP contribution in [0.3, 0.4) is 0 Å². The van der Waals surface area contributed by atoms with Crippen LogP contribution in [0.2, 0.25) is 0 Å². The number of methoxy groups -OCH3 is 1. The molecule has 2 aromatic heterocycles. The zero-order valence-corrected chi connectivity index (χ0v) is 16.3. The number of rotatable bonds is 5. The lowest BCUT2D eigenvalue weighted by atomic mass is 10.2. The lowest BCUT2D eigenvalue weighted by molar-refractivity contribution is 0.376. The van der Waals surface area contributed by atoms with E-state index in [-0.39, 0.29) is 16.7 Å². The van der Waals surface area contributed by atoms with E-state index >= 15 is 0 Å². The van der Waals surface area contributed by atoms with Gasteiger partial charge in [-0.3, -0.25) is 0 Å². The Morgan fingerprint density at radius 1 is 1.00 bits per heavy atom. The molecule has 1 aromatic carbocycles. The molecule has 1 aliphatic heterocycles. The van der Waals surface area contributed by atoms with Gasteiger partial charge in [-0.25, -0.2) is 8.42 Å². The van der Waals surface area contributed by atoms with Crippen LogP contribution >= 0.6 is 0 Å². The van der Waals surface area contributed by atoms with Gasteiger partial charge >= 0.3 is 0 Å². The summed E-state index contributed by atoms with van der Waals surface area (Å²) in [6.07, 6.45) is 3.82. The summed E-state index contributed by atoms with van der Waals surface area (Å²) in [4.78, 5) is 4.31. The second-order valence-corrected chi connectivity index (χ2v) is 8.46. The minimum Gasteiger partial charge on any atom is -0.497 e. The standard InChI is InChI=1S/C19H21N3O5S/c1-25-15-8-6-14(7-9-15)18-20-19(27-21-18)16-10-11-17(26-16)28(23,24)22-12-4-2-3-5-13-22/h6-11H,2-5,12-13H2,1H3. The Hall–Kier alpha value is -2.65. The van der Waals surface area contributed by atoms with Crippen molar-refractivity contribution in [2.75, 3.05) is 20.2 Å². The predicted molar refractivity (Wildman–Crippen MR) is 101 cm³/mol. The molecule has 1 aliphatic rings.